The van der Waals surface area contributed by atoms with Gasteiger partial charge in [-0.15, -0.1) is 0 Å². The lowest BCUT2D eigenvalue weighted by molar-refractivity contribution is -0.386. The van der Waals surface area contributed by atoms with Gasteiger partial charge in [0.25, 0.3) is 0 Å². The van der Waals surface area contributed by atoms with Gasteiger partial charge in [-0.05, 0) is 24.6 Å². The van der Waals surface area contributed by atoms with Crippen LogP contribution in [-0.4, -0.2) is 4.92 Å². The maximum Gasteiger partial charge on any atom is 0.312 e. The number of hydrogen-bond acceptors (Lipinski definition) is 3. The molecule has 0 spiro atoms. The van der Waals surface area contributed by atoms with Crippen molar-refractivity contribution in [3.05, 3.63) is 68.7 Å². The Hall–Kier alpha value is -1.88. The molecule has 1 atom stereocenters. The average molecular weight is 322 g/mol. The lowest BCUT2D eigenvalue weighted by Crippen LogP contribution is -2.04. The summed E-state index contributed by atoms with van der Waals surface area (Å²) in [5, 5.41) is 11.0. The zero-order valence-corrected chi connectivity index (χ0v) is 11.8. The molecular formula is C14H12BrNO3. The minimum atomic E-state index is -0.447. The average Bonchev–Trinajstić information content (AvgIpc) is 2.41. The standard InChI is InChI=1S/C14H12BrNO3/c1-10(11-5-3-2-4-6-11)19-14-8-7-12(15)9-13(14)16(17)18/h2-10H,1H3. The summed E-state index contributed by atoms with van der Waals surface area (Å²) in [7, 11) is 0. The molecule has 2 rings (SSSR count). The van der Waals surface area contributed by atoms with Crippen LogP contribution in [0.3, 0.4) is 0 Å². The number of benzene rings is 2. The van der Waals surface area contributed by atoms with E-state index < -0.39 is 4.92 Å². The van der Waals surface area contributed by atoms with Crippen LogP contribution in [0.1, 0.15) is 18.6 Å². The highest BCUT2D eigenvalue weighted by atomic mass is 79.9. The van der Waals surface area contributed by atoms with E-state index in [-0.39, 0.29) is 17.5 Å². The molecule has 0 aliphatic heterocycles. The van der Waals surface area contributed by atoms with Gasteiger partial charge < -0.3 is 4.74 Å². The van der Waals surface area contributed by atoms with Crippen LogP contribution < -0.4 is 4.74 Å². The van der Waals surface area contributed by atoms with Crippen LogP contribution in [0.15, 0.2) is 53.0 Å². The van der Waals surface area contributed by atoms with E-state index in [4.69, 9.17) is 4.74 Å². The number of nitrogens with zero attached hydrogens (tertiary/aromatic N) is 1. The third-order valence-corrected chi connectivity index (χ3v) is 3.18. The Morgan fingerprint density at radius 3 is 2.53 bits per heavy atom. The predicted octanol–water partition coefficient (Wildman–Crippen LogP) is 4.50. The minimum absolute atomic E-state index is 0.0443. The number of rotatable bonds is 4. The summed E-state index contributed by atoms with van der Waals surface area (Å²) in [6, 6.07) is 14.3. The first-order valence-corrected chi connectivity index (χ1v) is 6.53. The monoisotopic (exact) mass is 321 g/mol. The molecule has 1 unspecified atom stereocenters. The molecule has 2 aromatic carbocycles. The van der Waals surface area contributed by atoms with Gasteiger partial charge in [-0.3, -0.25) is 10.1 Å². The van der Waals surface area contributed by atoms with Gasteiger partial charge in [-0.2, -0.15) is 0 Å². The SMILES string of the molecule is CC(Oc1ccc(Br)cc1[N+](=O)[O-])c1ccccc1. The number of nitro benzene ring substituents is 1. The van der Waals surface area contributed by atoms with Gasteiger partial charge in [0.1, 0.15) is 6.10 Å². The molecule has 5 heteroatoms. The first-order chi connectivity index (χ1) is 9.08. The molecule has 19 heavy (non-hydrogen) atoms. The van der Waals surface area contributed by atoms with Crippen molar-refractivity contribution in [2.75, 3.05) is 0 Å². The van der Waals surface area contributed by atoms with E-state index >= 15 is 0 Å². The van der Waals surface area contributed by atoms with E-state index in [1.165, 1.54) is 6.07 Å². The molecule has 0 heterocycles. The van der Waals surface area contributed by atoms with E-state index in [2.05, 4.69) is 15.9 Å². The summed E-state index contributed by atoms with van der Waals surface area (Å²) >= 11 is 3.22. The lowest BCUT2D eigenvalue weighted by atomic mass is 10.1. The molecule has 0 radical (unpaired) electrons. The first kappa shape index (κ1) is 13.5. The van der Waals surface area contributed by atoms with Crippen LogP contribution in [0.25, 0.3) is 0 Å². The number of nitro groups is 1. The Kier molecular flexibility index (Phi) is 4.16. The summed E-state index contributed by atoms with van der Waals surface area (Å²) in [6.45, 7) is 1.86. The van der Waals surface area contributed by atoms with Gasteiger partial charge in [0.15, 0.2) is 5.75 Å². The second-order valence-electron chi connectivity index (χ2n) is 4.04. The first-order valence-electron chi connectivity index (χ1n) is 5.73. The number of halogens is 1. The van der Waals surface area contributed by atoms with Crippen molar-refractivity contribution in [1.82, 2.24) is 0 Å². The molecule has 4 nitrogen and oxygen atoms in total. The highest BCUT2D eigenvalue weighted by Crippen LogP contribution is 2.33. The van der Waals surface area contributed by atoms with E-state index in [0.29, 0.717) is 4.47 Å². The molecule has 0 fully saturated rings. The van der Waals surface area contributed by atoms with Crippen LogP contribution in [0.2, 0.25) is 0 Å². The third-order valence-electron chi connectivity index (χ3n) is 2.69. The molecule has 98 valence electrons. The highest BCUT2D eigenvalue weighted by molar-refractivity contribution is 9.10. The van der Waals surface area contributed by atoms with Crippen molar-refractivity contribution < 1.29 is 9.66 Å². The summed E-state index contributed by atoms with van der Waals surface area (Å²) in [5.74, 6) is 0.268. The van der Waals surface area contributed by atoms with Crippen molar-refractivity contribution in [3.63, 3.8) is 0 Å². The van der Waals surface area contributed by atoms with E-state index in [1.807, 2.05) is 37.3 Å². The zero-order valence-electron chi connectivity index (χ0n) is 10.2. The van der Waals surface area contributed by atoms with Gasteiger partial charge in [0.2, 0.25) is 0 Å². The van der Waals surface area contributed by atoms with Crippen LogP contribution in [0.5, 0.6) is 5.75 Å². The highest BCUT2D eigenvalue weighted by Gasteiger charge is 2.18. The molecule has 0 amide bonds. The molecule has 0 N–H and O–H groups in total. The Morgan fingerprint density at radius 1 is 1.21 bits per heavy atom. The normalized spacial score (nSPS) is 11.9. The summed E-state index contributed by atoms with van der Waals surface area (Å²) in [5.41, 5.74) is 0.928. The largest absolute Gasteiger partial charge is 0.479 e. The van der Waals surface area contributed by atoms with Crippen LogP contribution in [-0.2, 0) is 0 Å². The zero-order chi connectivity index (χ0) is 13.8. The molecule has 0 aliphatic carbocycles. The number of ether oxygens (including phenoxy) is 1. The number of hydrogen-bond donors (Lipinski definition) is 0. The second-order valence-corrected chi connectivity index (χ2v) is 4.96. The Labute approximate surface area is 119 Å². The van der Waals surface area contributed by atoms with Gasteiger partial charge in [-0.1, -0.05) is 46.3 Å². The van der Waals surface area contributed by atoms with E-state index in [0.717, 1.165) is 5.56 Å². The fraction of sp³-hybridized carbons (Fsp3) is 0.143. The molecule has 2 aromatic rings. The minimum Gasteiger partial charge on any atom is -0.479 e. The second kappa shape index (κ2) is 5.84. The fourth-order valence-electron chi connectivity index (χ4n) is 1.72. The van der Waals surface area contributed by atoms with Crippen LogP contribution in [0, 0.1) is 10.1 Å². The third kappa shape index (κ3) is 3.32. The van der Waals surface area contributed by atoms with Crippen LogP contribution >= 0.6 is 15.9 Å². The smallest absolute Gasteiger partial charge is 0.312 e. The maximum atomic E-state index is 11.0. The Morgan fingerprint density at radius 2 is 1.89 bits per heavy atom. The molecule has 0 saturated carbocycles. The van der Waals surface area contributed by atoms with Crippen LogP contribution in [0.4, 0.5) is 5.69 Å². The van der Waals surface area contributed by atoms with Crippen molar-refractivity contribution in [1.29, 1.82) is 0 Å². The maximum absolute atomic E-state index is 11.0. The summed E-state index contributed by atoms with van der Waals surface area (Å²) in [4.78, 5) is 10.6. The van der Waals surface area contributed by atoms with Gasteiger partial charge in [0.05, 0.1) is 4.92 Å². The quantitative estimate of drug-likeness (QED) is 0.615. The van der Waals surface area contributed by atoms with E-state index in [9.17, 15) is 10.1 Å². The molecule has 0 bridgehead atoms. The van der Waals surface area contributed by atoms with Crippen molar-refractivity contribution in [2.24, 2.45) is 0 Å². The van der Waals surface area contributed by atoms with Gasteiger partial charge in [0, 0.05) is 10.5 Å². The van der Waals surface area contributed by atoms with E-state index in [1.54, 1.807) is 12.1 Å². The lowest BCUT2D eigenvalue weighted by Gasteiger charge is -2.15. The summed E-state index contributed by atoms with van der Waals surface area (Å²) in [6.07, 6.45) is -0.249. The molecular weight excluding hydrogens is 310 g/mol. The molecule has 0 saturated heterocycles. The predicted molar refractivity (Wildman–Crippen MR) is 76.3 cm³/mol. The molecule has 0 aromatic heterocycles. The topological polar surface area (TPSA) is 52.4 Å². The van der Waals surface area contributed by atoms with Crippen molar-refractivity contribution in [3.8, 4) is 5.75 Å². The molecule has 0 aliphatic rings. The Balaban J connectivity index is 2.26. The van der Waals surface area contributed by atoms with Crippen molar-refractivity contribution >= 4 is 21.6 Å². The van der Waals surface area contributed by atoms with Gasteiger partial charge >= 0.3 is 5.69 Å². The Bertz CT molecular complexity index is 586. The van der Waals surface area contributed by atoms with Gasteiger partial charge in [-0.25, -0.2) is 0 Å². The van der Waals surface area contributed by atoms with Crippen molar-refractivity contribution in [2.45, 2.75) is 13.0 Å². The summed E-state index contributed by atoms with van der Waals surface area (Å²) < 4.78 is 6.34. The fourth-order valence-corrected chi connectivity index (χ4v) is 2.06.